The third kappa shape index (κ3) is 5.96. The van der Waals surface area contributed by atoms with E-state index in [4.69, 9.17) is 9.65 Å². The zero-order valence-corrected chi connectivity index (χ0v) is 17.2. The number of fused-ring (bicyclic) bond motifs is 1. The Morgan fingerprint density at radius 3 is 2.38 bits per heavy atom. The van der Waals surface area contributed by atoms with Gasteiger partial charge in [-0.15, -0.1) is 0 Å². The molecule has 6 nitrogen and oxygen atoms in total. The van der Waals surface area contributed by atoms with Gasteiger partial charge < -0.3 is 5.32 Å². The van der Waals surface area contributed by atoms with Crippen LogP contribution in [-0.2, 0) is 29.6 Å². The molecule has 0 amide bonds. The molecule has 0 fully saturated rings. The predicted molar refractivity (Wildman–Crippen MR) is 111 cm³/mol. The van der Waals surface area contributed by atoms with E-state index in [9.17, 15) is 12.8 Å². The van der Waals surface area contributed by atoms with E-state index in [0.29, 0.717) is 6.26 Å². The Labute approximate surface area is 170 Å². The zero-order chi connectivity index (χ0) is 21.0. The quantitative estimate of drug-likeness (QED) is 0.640. The molecule has 1 aliphatic heterocycles. The van der Waals surface area contributed by atoms with Gasteiger partial charge in [-0.1, -0.05) is 29.8 Å². The molecule has 1 aromatic heterocycles. The molecule has 0 unspecified atom stereocenters. The summed E-state index contributed by atoms with van der Waals surface area (Å²) in [5.74, 6) is -0.218. The number of rotatable bonds is 3. The van der Waals surface area contributed by atoms with Gasteiger partial charge in [0.1, 0.15) is 5.82 Å². The molecular weight excluding hydrogens is 393 g/mol. The van der Waals surface area contributed by atoms with Crippen molar-refractivity contribution in [3.05, 3.63) is 76.7 Å². The fraction of sp³-hybridized carbons (Fsp3) is 0.286. The number of aryl methyl sites for hydroxylation is 1. The van der Waals surface area contributed by atoms with Gasteiger partial charge in [0.2, 0.25) is 0 Å². The Morgan fingerprint density at radius 1 is 1.14 bits per heavy atom. The SMILES string of the molecule is CS(=O)(=O)O.Cc1ccc(Cn2nc(-c3ccc(F)cc3)c3c2CCNC3)cc1. The van der Waals surface area contributed by atoms with Crippen LogP contribution < -0.4 is 5.32 Å². The van der Waals surface area contributed by atoms with E-state index in [1.165, 1.54) is 34.5 Å². The molecule has 0 aliphatic carbocycles. The Bertz CT molecular complexity index is 1070. The number of nitrogens with one attached hydrogen (secondary N) is 1. The van der Waals surface area contributed by atoms with Gasteiger partial charge in [0, 0.05) is 36.3 Å². The van der Waals surface area contributed by atoms with Gasteiger partial charge in [-0.2, -0.15) is 13.5 Å². The van der Waals surface area contributed by atoms with Crippen molar-refractivity contribution >= 4 is 10.1 Å². The van der Waals surface area contributed by atoms with Crippen molar-refractivity contribution < 1.29 is 17.4 Å². The van der Waals surface area contributed by atoms with Crippen molar-refractivity contribution in [3.8, 4) is 11.3 Å². The maximum absolute atomic E-state index is 13.2. The van der Waals surface area contributed by atoms with Gasteiger partial charge in [-0.25, -0.2) is 4.39 Å². The van der Waals surface area contributed by atoms with Crippen LogP contribution in [0.3, 0.4) is 0 Å². The first-order valence-corrected chi connectivity index (χ1v) is 11.1. The first kappa shape index (κ1) is 21.2. The van der Waals surface area contributed by atoms with E-state index in [-0.39, 0.29) is 5.82 Å². The second-order valence-corrected chi connectivity index (χ2v) is 8.55. The fourth-order valence-electron chi connectivity index (χ4n) is 3.26. The molecule has 0 spiro atoms. The second kappa shape index (κ2) is 8.86. The highest BCUT2D eigenvalue weighted by molar-refractivity contribution is 7.85. The van der Waals surface area contributed by atoms with Crippen LogP contribution in [0.5, 0.6) is 0 Å². The van der Waals surface area contributed by atoms with E-state index in [0.717, 1.165) is 37.3 Å². The van der Waals surface area contributed by atoms with Crippen molar-refractivity contribution in [1.82, 2.24) is 15.1 Å². The molecule has 0 saturated carbocycles. The van der Waals surface area contributed by atoms with Gasteiger partial charge in [-0.3, -0.25) is 9.23 Å². The molecule has 29 heavy (non-hydrogen) atoms. The number of nitrogens with zero attached hydrogens (tertiary/aromatic N) is 2. The average Bonchev–Trinajstić information content (AvgIpc) is 3.02. The molecule has 4 rings (SSSR count). The first-order chi connectivity index (χ1) is 13.7. The fourth-order valence-corrected chi connectivity index (χ4v) is 3.26. The molecule has 2 aromatic carbocycles. The number of benzene rings is 2. The molecular formula is C21H24FN3O3S. The Hall–Kier alpha value is -2.55. The molecule has 0 atom stereocenters. The maximum atomic E-state index is 13.2. The molecule has 2 heterocycles. The molecule has 0 bridgehead atoms. The summed E-state index contributed by atoms with van der Waals surface area (Å²) in [5.41, 5.74) is 6.96. The van der Waals surface area contributed by atoms with Crippen molar-refractivity contribution in [1.29, 1.82) is 0 Å². The van der Waals surface area contributed by atoms with Crippen LogP contribution in [0.1, 0.15) is 22.4 Å². The van der Waals surface area contributed by atoms with Gasteiger partial charge >= 0.3 is 0 Å². The molecule has 3 aromatic rings. The van der Waals surface area contributed by atoms with E-state index in [2.05, 4.69) is 41.2 Å². The van der Waals surface area contributed by atoms with Crippen LogP contribution >= 0.6 is 0 Å². The number of halogens is 1. The summed E-state index contributed by atoms with van der Waals surface area (Å²) in [6, 6.07) is 15.2. The topological polar surface area (TPSA) is 84.2 Å². The van der Waals surface area contributed by atoms with E-state index >= 15 is 0 Å². The van der Waals surface area contributed by atoms with Crippen molar-refractivity contribution in [2.75, 3.05) is 12.8 Å². The number of hydrogen-bond donors (Lipinski definition) is 2. The Balaban J connectivity index is 0.000000431. The van der Waals surface area contributed by atoms with Crippen LogP contribution in [0, 0.1) is 12.7 Å². The average molecular weight is 418 g/mol. The maximum Gasteiger partial charge on any atom is 0.261 e. The third-order valence-electron chi connectivity index (χ3n) is 4.58. The van der Waals surface area contributed by atoms with Crippen LogP contribution in [0.4, 0.5) is 4.39 Å². The Morgan fingerprint density at radius 2 is 1.76 bits per heavy atom. The van der Waals surface area contributed by atoms with Crippen LogP contribution in [-0.4, -0.2) is 35.6 Å². The minimum absolute atomic E-state index is 0.218. The number of hydrogen-bond acceptors (Lipinski definition) is 4. The normalized spacial score (nSPS) is 13.4. The van der Waals surface area contributed by atoms with E-state index in [1.54, 1.807) is 0 Å². The summed E-state index contributed by atoms with van der Waals surface area (Å²) in [7, 11) is -3.67. The molecule has 154 valence electrons. The van der Waals surface area contributed by atoms with Crippen molar-refractivity contribution in [3.63, 3.8) is 0 Å². The lowest BCUT2D eigenvalue weighted by atomic mass is 10.0. The van der Waals surface area contributed by atoms with Gasteiger partial charge in [0.05, 0.1) is 18.5 Å². The summed E-state index contributed by atoms with van der Waals surface area (Å²) >= 11 is 0. The monoisotopic (exact) mass is 417 g/mol. The zero-order valence-electron chi connectivity index (χ0n) is 16.4. The summed E-state index contributed by atoms with van der Waals surface area (Å²) in [6.45, 7) is 4.65. The lowest BCUT2D eigenvalue weighted by Gasteiger charge is -2.16. The minimum Gasteiger partial charge on any atom is -0.312 e. The van der Waals surface area contributed by atoms with Crippen molar-refractivity contribution in [2.24, 2.45) is 0 Å². The van der Waals surface area contributed by atoms with Crippen LogP contribution in [0.25, 0.3) is 11.3 Å². The predicted octanol–water partition coefficient (Wildman–Crippen LogP) is 3.20. The van der Waals surface area contributed by atoms with Crippen LogP contribution in [0.15, 0.2) is 48.5 Å². The number of aromatic nitrogens is 2. The minimum atomic E-state index is -3.67. The molecule has 0 saturated heterocycles. The molecule has 0 radical (unpaired) electrons. The largest absolute Gasteiger partial charge is 0.312 e. The van der Waals surface area contributed by atoms with Gasteiger partial charge in [0.15, 0.2) is 0 Å². The Kier molecular flexibility index (Phi) is 6.46. The smallest absolute Gasteiger partial charge is 0.261 e. The summed E-state index contributed by atoms with van der Waals surface area (Å²) in [4.78, 5) is 0. The second-order valence-electron chi connectivity index (χ2n) is 7.08. The summed E-state index contributed by atoms with van der Waals surface area (Å²) in [6.07, 6.45) is 1.68. The third-order valence-corrected chi connectivity index (χ3v) is 4.58. The van der Waals surface area contributed by atoms with Crippen LogP contribution in [0.2, 0.25) is 0 Å². The molecule has 8 heteroatoms. The lowest BCUT2D eigenvalue weighted by molar-refractivity contribution is 0.490. The first-order valence-electron chi connectivity index (χ1n) is 9.24. The highest BCUT2D eigenvalue weighted by Crippen LogP contribution is 2.28. The lowest BCUT2D eigenvalue weighted by Crippen LogP contribution is -2.25. The molecule has 1 aliphatic rings. The standard InChI is InChI=1S/C20H20FN3.CH4O3S/c1-14-2-4-15(5-3-14)13-24-19-10-11-22-12-18(19)20(23-24)16-6-8-17(21)9-7-16;1-5(2,3)4/h2-9,22H,10-13H2,1H3;1H3,(H,2,3,4). The van der Waals surface area contributed by atoms with Crippen molar-refractivity contribution in [2.45, 2.75) is 26.4 Å². The van der Waals surface area contributed by atoms with Gasteiger partial charge in [-0.05, 0) is 36.8 Å². The van der Waals surface area contributed by atoms with Gasteiger partial charge in [0.25, 0.3) is 10.1 Å². The highest BCUT2D eigenvalue weighted by Gasteiger charge is 2.21. The van der Waals surface area contributed by atoms with E-state index in [1.807, 2.05) is 12.1 Å². The highest BCUT2D eigenvalue weighted by atomic mass is 32.2. The molecule has 2 N–H and O–H groups in total. The van der Waals surface area contributed by atoms with E-state index < -0.39 is 10.1 Å². The summed E-state index contributed by atoms with van der Waals surface area (Å²) < 4.78 is 41.2. The summed E-state index contributed by atoms with van der Waals surface area (Å²) in [5, 5.41) is 8.28.